The van der Waals surface area contributed by atoms with Gasteiger partial charge in [-0.3, -0.25) is 14.9 Å². The molecule has 0 aliphatic rings. The van der Waals surface area contributed by atoms with Crippen molar-refractivity contribution in [2.75, 3.05) is 0 Å². The largest absolute Gasteiger partial charge is 0.271 e. The molecule has 1 aromatic rings. The molecular formula is C11H13N3O3. The molecule has 1 rings (SSSR count). The molecule has 1 aromatic carbocycles. The van der Waals surface area contributed by atoms with E-state index in [1.54, 1.807) is 6.21 Å². The van der Waals surface area contributed by atoms with Gasteiger partial charge in [-0.2, -0.15) is 5.10 Å². The Morgan fingerprint density at radius 3 is 3.00 bits per heavy atom. The molecule has 0 radical (unpaired) electrons. The maximum absolute atomic E-state index is 11.5. The number of hydrazone groups is 1. The van der Waals surface area contributed by atoms with Crippen LogP contribution in [0.2, 0.25) is 0 Å². The predicted molar refractivity (Wildman–Crippen MR) is 64.0 cm³/mol. The molecule has 0 heterocycles. The standard InChI is InChI=1S/C11H13N3O3/c1-2-3-7-12-13-11(15)9-5-4-6-10(8-9)14(16)17/h4-8H,2-3H2,1H3,(H,13,15)/b12-7+. The van der Waals surface area contributed by atoms with Crippen LogP contribution in [0.1, 0.15) is 30.1 Å². The van der Waals surface area contributed by atoms with E-state index < -0.39 is 10.8 Å². The Kier molecular flexibility index (Phi) is 4.80. The number of hydrogen-bond acceptors (Lipinski definition) is 4. The van der Waals surface area contributed by atoms with Crippen molar-refractivity contribution in [3.05, 3.63) is 39.9 Å². The molecule has 90 valence electrons. The highest BCUT2D eigenvalue weighted by molar-refractivity contribution is 5.94. The lowest BCUT2D eigenvalue weighted by atomic mass is 10.2. The van der Waals surface area contributed by atoms with Crippen molar-refractivity contribution >= 4 is 17.8 Å². The summed E-state index contributed by atoms with van der Waals surface area (Å²) < 4.78 is 0. The van der Waals surface area contributed by atoms with Gasteiger partial charge in [0.25, 0.3) is 11.6 Å². The molecule has 0 unspecified atom stereocenters. The van der Waals surface area contributed by atoms with Crippen molar-refractivity contribution in [1.29, 1.82) is 0 Å². The molecule has 0 fully saturated rings. The first-order valence-electron chi connectivity index (χ1n) is 5.21. The Morgan fingerprint density at radius 1 is 1.59 bits per heavy atom. The van der Waals surface area contributed by atoms with E-state index in [4.69, 9.17) is 0 Å². The molecule has 0 aliphatic carbocycles. The third kappa shape index (κ3) is 4.02. The average molecular weight is 235 g/mol. The fourth-order valence-corrected chi connectivity index (χ4v) is 1.12. The molecule has 6 nitrogen and oxygen atoms in total. The van der Waals surface area contributed by atoms with Crippen molar-refractivity contribution in [2.24, 2.45) is 5.10 Å². The highest BCUT2D eigenvalue weighted by atomic mass is 16.6. The lowest BCUT2D eigenvalue weighted by Gasteiger charge is -1.99. The van der Waals surface area contributed by atoms with Crippen LogP contribution >= 0.6 is 0 Å². The summed E-state index contributed by atoms with van der Waals surface area (Å²) in [5, 5.41) is 14.2. The summed E-state index contributed by atoms with van der Waals surface area (Å²) in [5.41, 5.74) is 2.41. The second-order valence-corrected chi connectivity index (χ2v) is 3.35. The van der Waals surface area contributed by atoms with Crippen LogP contribution in [0.4, 0.5) is 5.69 Å². The first kappa shape index (κ1) is 12.8. The Morgan fingerprint density at radius 2 is 2.35 bits per heavy atom. The molecule has 0 aliphatic heterocycles. The topological polar surface area (TPSA) is 84.6 Å². The van der Waals surface area contributed by atoms with Crippen LogP contribution in [-0.2, 0) is 0 Å². The maximum atomic E-state index is 11.5. The zero-order valence-corrected chi connectivity index (χ0v) is 9.42. The minimum absolute atomic E-state index is 0.116. The Labute approximate surface area is 98.5 Å². The zero-order chi connectivity index (χ0) is 12.7. The van der Waals surface area contributed by atoms with Crippen molar-refractivity contribution < 1.29 is 9.72 Å². The van der Waals surface area contributed by atoms with Crippen LogP contribution in [-0.4, -0.2) is 17.0 Å². The minimum atomic E-state index is -0.545. The third-order valence-electron chi connectivity index (χ3n) is 1.99. The van der Waals surface area contributed by atoms with E-state index in [1.165, 1.54) is 24.3 Å². The predicted octanol–water partition coefficient (Wildman–Crippen LogP) is 2.11. The van der Waals surface area contributed by atoms with Crippen LogP contribution in [0.15, 0.2) is 29.4 Å². The van der Waals surface area contributed by atoms with Crippen LogP contribution in [0.25, 0.3) is 0 Å². The number of hydrogen-bond donors (Lipinski definition) is 1. The van der Waals surface area contributed by atoms with Gasteiger partial charge in [0.1, 0.15) is 0 Å². The third-order valence-corrected chi connectivity index (χ3v) is 1.99. The Hall–Kier alpha value is -2.24. The van der Waals surface area contributed by atoms with Gasteiger partial charge in [-0.15, -0.1) is 0 Å². The molecule has 0 spiro atoms. The van der Waals surface area contributed by atoms with Crippen molar-refractivity contribution in [3.63, 3.8) is 0 Å². The number of nitro benzene ring substituents is 1. The Balaban J connectivity index is 2.69. The molecule has 1 N–H and O–H groups in total. The van der Waals surface area contributed by atoms with Gasteiger partial charge in [-0.25, -0.2) is 5.43 Å². The summed E-state index contributed by atoms with van der Waals surface area (Å²) in [7, 11) is 0. The number of unbranched alkanes of at least 4 members (excludes halogenated alkanes) is 1. The zero-order valence-electron chi connectivity index (χ0n) is 9.42. The smallest absolute Gasteiger partial charge is 0.267 e. The van der Waals surface area contributed by atoms with Crippen LogP contribution in [0.5, 0.6) is 0 Å². The van der Waals surface area contributed by atoms with Crippen LogP contribution in [0.3, 0.4) is 0 Å². The van der Waals surface area contributed by atoms with Gasteiger partial charge in [0.2, 0.25) is 0 Å². The van der Waals surface area contributed by atoms with E-state index in [0.717, 1.165) is 12.8 Å². The van der Waals surface area contributed by atoms with E-state index >= 15 is 0 Å². The Bertz CT molecular complexity index is 443. The van der Waals surface area contributed by atoms with Crippen molar-refractivity contribution in [1.82, 2.24) is 5.43 Å². The lowest BCUT2D eigenvalue weighted by molar-refractivity contribution is -0.384. The van der Waals surface area contributed by atoms with E-state index in [9.17, 15) is 14.9 Å². The molecule has 0 aromatic heterocycles. The van der Waals surface area contributed by atoms with Gasteiger partial charge in [-0.05, 0) is 12.5 Å². The molecule has 1 amide bonds. The van der Waals surface area contributed by atoms with E-state index in [-0.39, 0.29) is 11.3 Å². The first-order chi connectivity index (χ1) is 8.15. The molecule has 0 atom stereocenters. The highest BCUT2D eigenvalue weighted by Gasteiger charge is 2.10. The summed E-state index contributed by atoms with van der Waals surface area (Å²) in [6, 6.07) is 5.50. The van der Waals surface area contributed by atoms with Crippen LogP contribution < -0.4 is 5.43 Å². The quantitative estimate of drug-likeness (QED) is 0.482. The molecule has 0 saturated heterocycles. The van der Waals surface area contributed by atoms with Gasteiger partial charge in [0.05, 0.1) is 4.92 Å². The number of nitro groups is 1. The summed E-state index contributed by atoms with van der Waals surface area (Å²) in [6.45, 7) is 1.99. The second-order valence-electron chi connectivity index (χ2n) is 3.35. The van der Waals surface area contributed by atoms with Gasteiger partial charge < -0.3 is 0 Å². The molecule has 0 bridgehead atoms. The average Bonchev–Trinajstić information content (AvgIpc) is 2.34. The molecule has 17 heavy (non-hydrogen) atoms. The van der Waals surface area contributed by atoms with E-state index in [2.05, 4.69) is 10.5 Å². The monoisotopic (exact) mass is 235 g/mol. The number of benzene rings is 1. The number of nitrogens with one attached hydrogen (secondary N) is 1. The SMILES string of the molecule is CCC/C=N/NC(=O)c1cccc([N+](=O)[O-])c1. The summed E-state index contributed by atoms with van der Waals surface area (Å²) in [6.07, 6.45) is 3.31. The second kappa shape index (κ2) is 6.37. The molecule has 6 heteroatoms. The van der Waals surface area contributed by atoms with Gasteiger partial charge >= 0.3 is 0 Å². The number of rotatable bonds is 5. The van der Waals surface area contributed by atoms with Gasteiger partial charge in [0.15, 0.2) is 0 Å². The number of non-ortho nitro benzene ring substituents is 1. The lowest BCUT2D eigenvalue weighted by Crippen LogP contribution is -2.17. The normalized spacial score (nSPS) is 10.4. The minimum Gasteiger partial charge on any atom is -0.267 e. The number of amides is 1. The van der Waals surface area contributed by atoms with E-state index in [0.29, 0.717) is 0 Å². The van der Waals surface area contributed by atoms with E-state index in [1.807, 2.05) is 6.92 Å². The summed E-state index contributed by atoms with van der Waals surface area (Å²) in [4.78, 5) is 21.5. The summed E-state index contributed by atoms with van der Waals surface area (Å²) >= 11 is 0. The first-order valence-corrected chi connectivity index (χ1v) is 5.21. The maximum Gasteiger partial charge on any atom is 0.271 e. The number of carbonyl (C=O) groups is 1. The highest BCUT2D eigenvalue weighted by Crippen LogP contribution is 2.12. The van der Waals surface area contributed by atoms with Crippen molar-refractivity contribution in [2.45, 2.75) is 19.8 Å². The molecule has 0 saturated carbocycles. The van der Waals surface area contributed by atoms with Crippen LogP contribution in [0, 0.1) is 10.1 Å². The van der Waals surface area contributed by atoms with Gasteiger partial charge in [-0.1, -0.05) is 19.4 Å². The number of nitrogens with zero attached hydrogens (tertiary/aromatic N) is 2. The fourth-order valence-electron chi connectivity index (χ4n) is 1.12. The number of carbonyl (C=O) groups excluding carboxylic acids is 1. The fraction of sp³-hybridized carbons (Fsp3) is 0.273. The van der Waals surface area contributed by atoms with Crippen molar-refractivity contribution in [3.8, 4) is 0 Å². The summed E-state index contributed by atoms with van der Waals surface area (Å²) in [5.74, 6) is -0.457. The van der Waals surface area contributed by atoms with Gasteiger partial charge in [0, 0.05) is 23.9 Å². The molecular weight excluding hydrogens is 222 g/mol.